The number of nitriles is 1. The van der Waals surface area contributed by atoms with Gasteiger partial charge in [-0.15, -0.1) is 0 Å². The molecular formula is C23H32N4O3. The van der Waals surface area contributed by atoms with Crippen LogP contribution in [0.1, 0.15) is 50.3 Å². The smallest absolute Gasteiger partial charge is 0.410 e. The van der Waals surface area contributed by atoms with Crippen molar-refractivity contribution in [1.29, 1.82) is 5.26 Å². The first-order valence-corrected chi connectivity index (χ1v) is 10.2. The molecule has 0 atom stereocenters. The molecule has 1 fully saturated rings. The zero-order valence-electron chi connectivity index (χ0n) is 18.8. The topological polar surface area (TPSA) is 94.5 Å². The highest BCUT2D eigenvalue weighted by Crippen LogP contribution is 2.22. The van der Waals surface area contributed by atoms with E-state index in [0.717, 1.165) is 22.4 Å². The van der Waals surface area contributed by atoms with Crippen LogP contribution in [0.4, 0.5) is 10.5 Å². The van der Waals surface area contributed by atoms with Crippen LogP contribution in [0.15, 0.2) is 23.9 Å². The van der Waals surface area contributed by atoms with Crippen molar-refractivity contribution in [2.24, 2.45) is 0 Å². The lowest BCUT2D eigenvalue weighted by molar-refractivity contribution is -0.112. The number of nitrogens with zero attached hydrogens (tertiary/aromatic N) is 2. The third-order valence-electron chi connectivity index (χ3n) is 4.89. The highest BCUT2D eigenvalue weighted by molar-refractivity contribution is 6.07. The quantitative estimate of drug-likeness (QED) is 0.577. The van der Waals surface area contributed by atoms with E-state index in [1.54, 1.807) is 4.90 Å². The van der Waals surface area contributed by atoms with Crippen LogP contribution in [0.5, 0.6) is 0 Å². The number of nitrogens with one attached hydrogen (secondary N) is 2. The lowest BCUT2D eigenvalue weighted by Gasteiger charge is -2.33. The van der Waals surface area contributed by atoms with Gasteiger partial charge in [0.25, 0.3) is 5.91 Å². The predicted molar refractivity (Wildman–Crippen MR) is 117 cm³/mol. The van der Waals surface area contributed by atoms with E-state index in [0.29, 0.717) is 25.9 Å². The number of ether oxygens (including phenoxy) is 1. The van der Waals surface area contributed by atoms with Crippen molar-refractivity contribution in [1.82, 2.24) is 10.2 Å². The molecule has 1 saturated heterocycles. The molecule has 162 valence electrons. The van der Waals surface area contributed by atoms with Crippen LogP contribution in [0.3, 0.4) is 0 Å². The molecule has 1 aliphatic heterocycles. The van der Waals surface area contributed by atoms with Crippen molar-refractivity contribution < 1.29 is 14.3 Å². The number of aryl methyl sites for hydroxylation is 3. The average Bonchev–Trinajstić information content (AvgIpc) is 2.64. The molecule has 1 aromatic rings. The number of hydrogen-bond donors (Lipinski definition) is 2. The summed E-state index contributed by atoms with van der Waals surface area (Å²) in [5, 5.41) is 15.4. The van der Waals surface area contributed by atoms with Crippen LogP contribution in [0.25, 0.3) is 0 Å². The Bertz CT molecular complexity index is 846. The van der Waals surface area contributed by atoms with Crippen LogP contribution < -0.4 is 10.6 Å². The van der Waals surface area contributed by atoms with Crippen molar-refractivity contribution in [2.75, 3.05) is 18.4 Å². The third-order valence-corrected chi connectivity index (χ3v) is 4.89. The van der Waals surface area contributed by atoms with Crippen LogP contribution >= 0.6 is 0 Å². The maximum absolute atomic E-state index is 12.6. The second-order valence-corrected chi connectivity index (χ2v) is 8.81. The van der Waals surface area contributed by atoms with Gasteiger partial charge < -0.3 is 20.3 Å². The minimum atomic E-state index is -0.516. The minimum Gasteiger partial charge on any atom is -0.444 e. The predicted octanol–water partition coefficient (Wildman–Crippen LogP) is 3.95. The van der Waals surface area contributed by atoms with Gasteiger partial charge in [0.15, 0.2) is 0 Å². The van der Waals surface area contributed by atoms with E-state index >= 15 is 0 Å². The minimum absolute atomic E-state index is 0.0175. The Kier molecular flexibility index (Phi) is 7.49. The average molecular weight is 413 g/mol. The SMILES string of the molecule is Cc1cc(C)c(NC(=O)/C(C#N)=C\NC2CCN(C(=O)OC(C)(C)C)CC2)c(C)c1. The normalized spacial score (nSPS) is 15.4. The number of carbonyl (C=O) groups is 2. The first-order chi connectivity index (χ1) is 14.0. The van der Waals surface area contributed by atoms with Crippen molar-refractivity contribution in [3.63, 3.8) is 0 Å². The van der Waals surface area contributed by atoms with Crippen molar-refractivity contribution in [3.8, 4) is 6.07 Å². The number of anilines is 1. The summed E-state index contributed by atoms with van der Waals surface area (Å²) in [7, 11) is 0. The van der Waals surface area contributed by atoms with Gasteiger partial charge >= 0.3 is 6.09 Å². The lowest BCUT2D eigenvalue weighted by atomic mass is 10.0. The van der Waals surface area contributed by atoms with E-state index < -0.39 is 11.5 Å². The first-order valence-electron chi connectivity index (χ1n) is 10.2. The van der Waals surface area contributed by atoms with Gasteiger partial charge in [-0.05, 0) is 65.5 Å². The van der Waals surface area contributed by atoms with Crippen LogP contribution in [0, 0.1) is 32.1 Å². The molecule has 1 aliphatic rings. The summed E-state index contributed by atoms with van der Waals surface area (Å²) in [6.45, 7) is 12.5. The molecule has 0 unspecified atom stereocenters. The molecule has 0 spiro atoms. The fourth-order valence-corrected chi connectivity index (χ4v) is 3.46. The summed E-state index contributed by atoms with van der Waals surface area (Å²) in [6.07, 6.45) is 2.60. The Hall–Kier alpha value is -3.01. The van der Waals surface area contributed by atoms with E-state index in [1.807, 2.05) is 59.7 Å². The molecule has 30 heavy (non-hydrogen) atoms. The second-order valence-electron chi connectivity index (χ2n) is 8.81. The standard InChI is InChI=1S/C23H32N4O3/c1-15-11-16(2)20(17(3)12-15)26-21(28)18(13-24)14-25-19-7-9-27(10-8-19)22(29)30-23(4,5)6/h11-12,14,19,25H,7-10H2,1-6H3,(H,26,28)/b18-14-. The van der Waals surface area contributed by atoms with E-state index in [2.05, 4.69) is 10.6 Å². The first kappa shape index (κ1) is 23.3. The molecule has 7 heteroatoms. The van der Waals surface area contributed by atoms with Gasteiger partial charge in [0, 0.05) is 31.0 Å². The van der Waals surface area contributed by atoms with Crippen LogP contribution in [-0.2, 0) is 9.53 Å². The molecule has 1 heterocycles. The summed E-state index contributed by atoms with van der Waals surface area (Å²) in [6, 6.07) is 6.04. The number of rotatable bonds is 4. The second kappa shape index (κ2) is 9.66. The molecule has 2 amide bonds. The molecule has 0 radical (unpaired) electrons. The Morgan fingerprint density at radius 1 is 1.17 bits per heavy atom. The van der Waals surface area contributed by atoms with Crippen molar-refractivity contribution in [3.05, 3.63) is 40.6 Å². The summed E-state index contributed by atoms with van der Waals surface area (Å²) >= 11 is 0. The highest BCUT2D eigenvalue weighted by Gasteiger charge is 2.26. The summed E-state index contributed by atoms with van der Waals surface area (Å²) in [5.74, 6) is -0.439. The van der Waals surface area contributed by atoms with Gasteiger partial charge in [0.05, 0.1) is 0 Å². The molecule has 2 rings (SSSR count). The molecule has 1 aromatic carbocycles. The van der Waals surface area contributed by atoms with E-state index in [9.17, 15) is 14.9 Å². The zero-order valence-corrected chi connectivity index (χ0v) is 18.8. The van der Waals surface area contributed by atoms with Gasteiger partial charge in [0.1, 0.15) is 17.2 Å². The molecular weight excluding hydrogens is 380 g/mol. The molecule has 0 saturated carbocycles. The molecule has 2 N–H and O–H groups in total. The van der Waals surface area contributed by atoms with Gasteiger partial charge in [-0.2, -0.15) is 5.26 Å². The van der Waals surface area contributed by atoms with Crippen LogP contribution in [0.2, 0.25) is 0 Å². The van der Waals surface area contributed by atoms with Gasteiger partial charge in [0.2, 0.25) is 0 Å². The maximum atomic E-state index is 12.6. The summed E-state index contributed by atoms with van der Waals surface area (Å²) in [5.41, 5.74) is 3.28. The van der Waals surface area contributed by atoms with Gasteiger partial charge in [-0.1, -0.05) is 17.7 Å². The number of benzene rings is 1. The summed E-state index contributed by atoms with van der Waals surface area (Å²) < 4.78 is 5.40. The Labute approximate surface area is 179 Å². The largest absolute Gasteiger partial charge is 0.444 e. The third kappa shape index (κ3) is 6.51. The molecule has 7 nitrogen and oxygen atoms in total. The van der Waals surface area contributed by atoms with Gasteiger partial charge in [-0.3, -0.25) is 4.79 Å². The summed E-state index contributed by atoms with van der Waals surface area (Å²) in [4.78, 5) is 26.4. The Morgan fingerprint density at radius 3 is 2.23 bits per heavy atom. The lowest BCUT2D eigenvalue weighted by Crippen LogP contribution is -2.45. The number of hydrogen-bond acceptors (Lipinski definition) is 5. The number of carbonyl (C=O) groups excluding carboxylic acids is 2. The van der Waals surface area contributed by atoms with E-state index in [1.165, 1.54) is 6.20 Å². The number of likely N-dealkylation sites (tertiary alicyclic amines) is 1. The van der Waals surface area contributed by atoms with Gasteiger partial charge in [-0.25, -0.2) is 4.79 Å². The van der Waals surface area contributed by atoms with Crippen molar-refractivity contribution >= 4 is 17.7 Å². The number of piperidine rings is 1. The number of amides is 2. The molecule has 0 aromatic heterocycles. The Balaban J connectivity index is 1.93. The fourth-order valence-electron chi connectivity index (χ4n) is 3.46. The van der Waals surface area contributed by atoms with Crippen LogP contribution in [-0.4, -0.2) is 41.6 Å². The zero-order chi connectivity index (χ0) is 22.5. The van der Waals surface area contributed by atoms with E-state index in [-0.39, 0.29) is 17.7 Å². The monoisotopic (exact) mass is 412 g/mol. The Morgan fingerprint density at radius 2 is 1.73 bits per heavy atom. The molecule has 0 bridgehead atoms. The van der Waals surface area contributed by atoms with E-state index in [4.69, 9.17) is 4.74 Å². The van der Waals surface area contributed by atoms with Crippen molar-refractivity contribution in [2.45, 2.75) is 66.0 Å². The highest BCUT2D eigenvalue weighted by atomic mass is 16.6. The maximum Gasteiger partial charge on any atom is 0.410 e. The fraction of sp³-hybridized carbons (Fsp3) is 0.522. The molecule has 0 aliphatic carbocycles.